The maximum Gasteiger partial charge on any atom is 0.267 e. The van der Waals surface area contributed by atoms with Gasteiger partial charge < -0.3 is 11.1 Å². The van der Waals surface area contributed by atoms with Crippen molar-refractivity contribution < 1.29 is 9.18 Å². The Hall–Kier alpha value is -2.47. The molecule has 1 aromatic carbocycles. The third-order valence-electron chi connectivity index (χ3n) is 3.13. The van der Waals surface area contributed by atoms with E-state index in [-0.39, 0.29) is 5.91 Å². The molecule has 0 fully saturated rings. The molecule has 2 aromatic heterocycles. The van der Waals surface area contributed by atoms with E-state index in [2.05, 4.69) is 10.3 Å². The smallest absolute Gasteiger partial charge is 0.267 e. The number of hydrogen-bond donors (Lipinski definition) is 2. The number of nitrogens with one attached hydrogen (secondary N) is 1. The molecule has 0 aliphatic carbocycles. The minimum Gasteiger partial charge on any atom is -0.397 e. The minimum absolute atomic E-state index is 0.361. The molecular weight excluding hydrogens is 289 g/mol. The monoisotopic (exact) mass is 301 g/mol. The fourth-order valence-electron chi connectivity index (χ4n) is 2.13. The lowest BCUT2D eigenvalue weighted by Gasteiger charge is -2.04. The highest BCUT2D eigenvalue weighted by atomic mass is 32.1. The van der Waals surface area contributed by atoms with Gasteiger partial charge in [-0.1, -0.05) is 6.07 Å². The molecule has 0 unspecified atom stereocenters. The zero-order valence-electron chi connectivity index (χ0n) is 11.2. The lowest BCUT2D eigenvalue weighted by atomic mass is 10.1. The fourth-order valence-corrected chi connectivity index (χ4v) is 3.16. The number of fused-ring (bicyclic) bond motifs is 1. The lowest BCUT2D eigenvalue weighted by molar-refractivity contribution is 0.103. The molecule has 0 saturated carbocycles. The summed E-state index contributed by atoms with van der Waals surface area (Å²) >= 11 is 1.23. The summed E-state index contributed by atoms with van der Waals surface area (Å²) in [5.74, 6) is -0.768. The number of halogens is 1. The zero-order chi connectivity index (χ0) is 15.0. The van der Waals surface area contributed by atoms with Crippen LogP contribution in [0, 0.1) is 12.7 Å². The number of carbonyl (C=O) groups excluding carboxylic acids is 1. The number of pyridine rings is 1. The first-order chi connectivity index (χ1) is 10.1. The van der Waals surface area contributed by atoms with Crippen LogP contribution in [0.15, 0.2) is 36.5 Å². The number of anilines is 2. The molecule has 0 aliphatic rings. The number of amides is 1. The van der Waals surface area contributed by atoms with E-state index in [1.807, 2.05) is 13.0 Å². The van der Waals surface area contributed by atoms with Crippen LogP contribution in [0.25, 0.3) is 10.2 Å². The molecule has 0 bridgehead atoms. The maximum absolute atomic E-state index is 13.1. The number of hydrogen-bond acceptors (Lipinski definition) is 4. The van der Waals surface area contributed by atoms with Crippen molar-refractivity contribution in [1.29, 1.82) is 0 Å². The average molecular weight is 301 g/mol. The van der Waals surface area contributed by atoms with Crippen molar-refractivity contribution in [2.24, 2.45) is 0 Å². The fraction of sp³-hybridized carbons (Fsp3) is 0.0667. The van der Waals surface area contributed by atoms with E-state index in [4.69, 9.17) is 5.73 Å². The van der Waals surface area contributed by atoms with Crippen molar-refractivity contribution in [3.05, 3.63) is 52.8 Å². The second kappa shape index (κ2) is 5.14. The Morgan fingerprint density at radius 3 is 2.90 bits per heavy atom. The first-order valence-corrected chi connectivity index (χ1v) is 7.08. The van der Waals surface area contributed by atoms with Crippen molar-refractivity contribution in [1.82, 2.24) is 4.98 Å². The number of carbonyl (C=O) groups is 1. The van der Waals surface area contributed by atoms with Crippen molar-refractivity contribution in [2.75, 3.05) is 11.1 Å². The van der Waals surface area contributed by atoms with Crippen LogP contribution in [-0.4, -0.2) is 10.9 Å². The highest BCUT2D eigenvalue weighted by molar-refractivity contribution is 7.21. The predicted octanol–water partition coefficient (Wildman–Crippen LogP) is 3.58. The van der Waals surface area contributed by atoms with Crippen LogP contribution in [0.1, 0.15) is 15.2 Å². The molecule has 3 rings (SSSR count). The Balaban J connectivity index is 1.99. The van der Waals surface area contributed by atoms with Gasteiger partial charge >= 0.3 is 0 Å². The van der Waals surface area contributed by atoms with Crippen molar-refractivity contribution in [3.8, 4) is 0 Å². The van der Waals surface area contributed by atoms with Gasteiger partial charge in [-0.3, -0.25) is 4.79 Å². The third-order valence-corrected chi connectivity index (χ3v) is 4.24. The molecular formula is C15H12FN3OS. The molecule has 106 valence electrons. The summed E-state index contributed by atoms with van der Waals surface area (Å²) in [5.41, 5.74) is 7.83. The van der Waals surface area contributed by atoms with Crippen LogP contribution < -0.4 is 11.1 Å². The summed E-state index contributed by atoms with van der Waals surface area (Å²) < 4.78 is 13.1. The Morgan fingerprint density at radius 2 is 2.19 bits per heavy atom. The van der Waals surface area contributed by atoms with Gasteiger partial charge in [0.05, 0.1) is 5.69 Å². The van der Waals surface area contributed by atoms with Gasteiger partial charge in [-0.2, -0.15) is 0 Å². The molecule has 4 nitrogen and oxygen atoms in total. The molecule has 0 aliphatic heterocycles. The summed E-state index contributed by atoms with van der Waals surface area (Å²) in [6.45, 7) is 1.92. The largest absolute Gasteiger partial charge is 0.397 e. The normalized spacial score (nSPS) is 10.8. The molecule has 3 aromatic rings. The highest BCUT2D eigenvalue weighted by Gasteiger charge is 2.18. The molecule has 0 radical (unpaired) electrons. The number of nitrogens with two attached hydrogens (primary N) is 1. The molecule has 0 saturated heterocycles. The second-order valence-corrected chi connectivity index (χ2v) is 5.62. The molecule has 3 N–H and O–H groups in total. The van der Waals surface area contributed by atoms with Crippen LogP contribution in [-0.2, 0) is 0 Å². The van der Waals surface area contributed by atoms with Crippen LogP contribution in [0.4, 0.5) is 15.8 Å². The molecule has 6 heteroatoms. The van der Waals surface area contributed by atoms with Crippen molar-refractivity contribution in [2.45, 2.75) is 6.92 Å². The molecule has 21 heavy (non-hydrogen) atoms. The Bertz CT molecular complexity index is 844. The van der Waals surface area contributed by atoms with Gasteiger partial charge in [-0.25, -0.2) is 9.37 Å². The van der Waals surface area contributed by atoms with E-state index >= 15 is 0 Å². The minimum atomic E-state index is -0.408. The molecule has 1 amide bonds. The quantitative estimate of drug-likeness (QED) is 0.760. The Labute approximate surface area is 124 Å². The Morgan fingerprint density at radius 1 is 1.38 bits per heavy atom. The van der Waals surface area contributed by atoms with Crippen LogP contribution in [0.2, 0.25) is 0 Å². The summed E-state index contributed by atoms with van der Waals surface area (Å²) in [7, 11) is 0. The number of nitrogens with zero attached hydrogens (tertiary/aromatic N) is 1. The third kappa shape index (κ3) is 2.45. The van der Waals surface area contributed by atoms with Gasteiger partial charge in [0.1, 0.15) is 15.5 Å². The summed E-state index contributed by atoms with van der Waals surface area (Å²) in [6.07, 6.45) is 1.68. The molecule has 0 spiro atoms. The van der Waals surface area contributed by atoms with E-state index in [0.717, 1.165) is 15.8 Å². The number of aryl methyl sites for hydroxylation is 1. The number of nitrogen functional groups attached to an aromatic ring is 1. The molecule has 0 atom stereocenters. The first kappa shape index (κ1) is 13.5. The standard InChI is InChI=1S/C15H12FN3OS/c1-8-5-6-18-15-11(8)12(17)13(21-15)14(20)19-10-4-2-3-9(16)7-10/h2-7H,17H2,1H3,(H,19,20). The van der Waals surface area contributed by atoms with E-state index in [0.29, 0.717) is 16.3 Å². The van der Waals surface area contributed by atoms with E-state index in [9.17, 15) is 9.18 Å². The number of aromatic nitrogens is 1. The van der Waals surface area contributed by atoms with Gasteiger partial charge in [-0.15, -0.1) is 11.3 Å². The SMILES string of the molecule is Cc1ccnc2sc(C(=O)Nc3cccc(F)c3)c(N)c12. The van der Waals surface area contributed by atoms with Gasteiger partial charge in [-0.05, 0) is 36.8 Å². The van der Waals surface area contributed by atoms with E-state index < -0.39 is 5.82 Å². The van der Waals surface area contributed by atoms with Crippen molar-refractivity contribution in [3.63, 3.8) is 0 Å². The predicted molar refractivity (Wildman–Crippen MR) is 83.1 cm³/mol. The van der Waals surface area contributed by atoms with Crippen LogP contribution >= 0.6 is 11.3 Å². The lowest BCUT2D eigenvalue weighted by Crippen LogP contribution is -2.12. The maximum atomic E-state index is 13.1. The van der Waals surface area contributed by atoms with Gasteiger partial charge in [0, 0.05) is 17.3 Å². The summed E-state index contributed by atoms with van der Waals surface area (Å²) in [5, 5.41) is 3.44. The zero-order valence-corrected chi connectivity index (χ0v) is 12.0. The molecule has 2 heterocycles. The second-order valence-electron chi connectivity index (χ2n) is 4.62. The number of rotatable bonds is 2. The first-order valence-electron chi connectivity index (χ1n) is 6.27. The number of benzene rings is 1. The van der Waals surface area contributed by atoms with Gasteiger partial charge in [0.25, 0.3) is 5.91 Å². The topological polar surface area (TPSA) is 68.0 Å². The highest BCUT2D eigenvalue weighted by Crippen LogP contribution is 2.34. The summed E-state index contributed by atoms with van der Waals surface area (Å²) in [6, 6.07) is 7.57. The average Bonchev–Trinajstić information content (AvgIpc) is 2.77. The van der Waals surface area contributed by atoms with Gasteiger partial charge in [0.15, 0.2) is 0 Å². The van der Waals surface area contributed by atoms with Gasteiger partial charge in [0.2, 0.25) is 0 Å². The van der Waals surface area contributed by atoms with E-state index in [1.165, 1.54) is 29.5 Å². The summed E-state index contributed by atoms with van der Waals surface area (Å²) in [4.78, 5) is 17.6. The van der Waals surface area contributed by atoms with E-state index in [1.54, 1.807) is 12.3 Å². The number of thiophene rings is 1. The van der Waals surface area contributed by atoms with Crippen molar-refractivity contribution >= 4 is 38.8 Å². The Kier molecular flexibility index (Phi) is 3.31. The van der Waals surface area contributed by atoms with Crippen LogP contribution in [0.3, 0.4) is 0 Å². The van der Waals surface area contributed by atoms with Crippen LogP contribution in [0.5, 0.6) is 0 Å².